The Bertz CT molecular complexity index is 250. The van der Waals surface area contributed by atoms with Crippen molar-refractivity contribution >= 4 is 5.91 Å². The van der Waals surface area contributed by atoms with Crippen molar-refractivity contribution in [1.82, 2.24) is 4.90 Å². The highest BCUT2D eigenvalue weighted by atomic mass is 16.3. The van der Waals surface area contributed by atoms with Crippen molar-refractivity contribution in [3.8, 4) is 0 Å². The van der Waals surface area contributed by atoms with Gasteiger partial charge in [-0.05, 0) is 32.1 Å². The third kappa shape index (κ3) is 2.16. The predicted octanol–water partition coefficient (Wildman–Crippen LogP) is 0.275. The lowest BCUT2D eigenvalue weighted by atomic mass is 9.82. The van der Waals surface area contributed by atoms with E-state index in [0.717, 1.165) is 32.4 Å². The van der Waals surface area contributed by atoms with Crippen molar-refractivity contribution in [1.29, 1.82) is 0 Å². The highest BCUT2D eigenvalue weighted by molar-refractivity contribution is 5.85. The molecule has 0 bridgehead atoms. The first-order chi connectivity index (χ1) is 7.12. The zero-order valence-electron chi connectivity index (χ0n) is 8.98. The molecule has 2 aliphatic rings. The molecule has 1 unspecified atom stereocenters. The average Bonchev–Trinajstić information content (AvgIpc) is 2.68. The van der Waals surface area contributed by atoms with Gasteiger partial charge in [0.25, 0.3) is 5.91 Å². The average molecular weight is 213 g/mol. The second-order valence-electron chi connectivity index (χ2n) is 4.78. The van der Waals surface area contributed by atoms with Crippen LogP contribution in [-0.4, -0.2) is 45.8 Å². The van der Waals surface area contributed by atoms with Gasteiger partial charge in [-0.1, -0.05) is 0 Å². The number of likely N-dealkylation sites (tertiary alicyclic amines) is 1. The number of rotatable bonds is 1. The zero-order chi connectivity index (χ0) is 10.9. The Morgan fingerprint density at radius 3 is 2.53 bits per heavy atom. The maximum absolute atomic E-state index is 12.0. The molecule has 2 fully saturated rings. The third-order valence-electron chi connectivity index (χ3n) is 3.49. The first-order valence-electron chi connectivity index (χ1n) is 5.82. The topological polar surface area (TPSA) is 60.8 Å². The van der Waals surface area contributed by atoms with Gasteiger partial charge in [0.15, 0.2) is 0 Å². The van der Waals surface area contributed by atoms with Gasteiger partial charge in [0, 0.05) is 19.5 Å². The van der Waals surface area contributed by atoms with E-state index in [-0.39, 0.29) is 12.3 Å². The largest absolute Gasteiger partial charge is 0.393 e. The Morgan fingerprint density at radius 2 is 1.93 bits per heavy atom. The second kappa shape index (κ2) is 4.10. The minimum Gasteiger partial charge on any atom is -0.393 e. The van der Waals surface area contributed by atoms with Gasteiger partial charge in [-0.15, -0.1) is 0 Å². The van der Waals surface area contributed by atoms with Crippen molar-refractivity contribution in [2.24, 2.45) is 0 Å². The molecule has 1 amide bonds. The minimum absolute atomic E-state index is 0.168. The molecule has 0 aromatic heterocycles. The van der Waals surface area contributed by atoms with E-state index in [2.05, 4.69) is 0 Å². The summed E-state index contributed by atoms with van der Waals surface area (Å²) in [5.41, 5.74) is -1.29. The summed E-state index contributed by atoms with van der Waals surface area (Å²) in [5.74, 6) is -0.168. The molecule has 0 aromatic rings. The van der Waals surface area contributed by atoms with E-state index in [1.54, 1.807) is 4.90 Å². The number of carbonyl (C=O) groups excluding carboxylic acids is 1. The molecule has 0 aromatic carbocycles. The van der Waals surface area contributed by atoms with Crippen molar-refractivity contribution in [3.05, 3.63) is 0 Å². The normalized spacial score (nSPS) is 36.9. The number of aliphatic hydroxyl groups excluding tert-OH is 1. The van der Waals surface area contributed by atoms with Crippen molar-refractivity contribution in [3.63, 3.8) is 0 Å². The molecule has 2 rings (SSSR count). The van der Waals surface area contributed by atoms with Crippen molar-refractivity contribution in [2.45, 2.75) is 50.2 Å². The van der Waals surface area contributed by atoms with E-state index in [9.17, 15) is 15.0 Å². The number of hydrogen-bond donors (Lipinski definition) is 2. The van der Waals surface area contributed by atoms with Gasteiger partial charge in [-0.2, -0.15) is 0 Å². The molecule has 0 spiro atoms. The van der Waals surface area contributed by atoms with Gasteiger partial charge in [0.05, 0.1) is 6.10 Å². The lowest BCUT2D eigenvalue weighted by molar-refractivity contribution is -0.157. The number of aliphatic hydroxyl groups is 2. The summed E-state index contributed by atoms with van der Waals surface area (Å²) >= 11 is 0. The molecule has 1 aliphatic carbocycles. The number of hydrogen-bond acceptors (Lipinski definition) is 3. The van der Waals surface area contributed by atoms with E-state index in [1.807, 2.05) is 0 Å². The maximum atomic E-state index is 12.0. The highest BCUT2D eigenvalue weighted by Gasteiger charge is 2.43. The predicted molar refractivity (Wildman–Crippen MR) is 55.2 cm³/mol. The van der Waals surface area contributed by atoms with Crippen LogP contribution in [0.5, 0.6) is 0 Å². The number of carbonyl (C=O) groups is 1. The van der Waals surface area contributed by atoms with Gasteiger partial charge in [0.1, 0.15) is 5.60 Å². The van der Waals surface area contributed by atoms with E-state index >= 15 is 0 Å². The maximum Gasteiger partial charge on any atom is 0.254 e. The summed E-state index contributed by atoms with van der Waals surface area (Å²) in [6.45, 7) is 1.52. The Labute approximate surface area is 89.9 Å². The van der Waals surface area contributed by atoms with Crippen LogP contribution in [0.3, 0.4) is 0 Å². The van der Waals surface area contributed by atoms with Gasteiger partial charge in [0.2, 0.25) is 0 Å². The standard InChI is InChI=1S/C11H19NO3/c13-9-4-3-5-11(15,8-9)10(14)12-6-1-2-7-12/h9,13,15H,1-8H2/t9-,11?/m0/s1. The Kier molecular flexibility index (Phi) is 2.98. The Balaban J connectivity index is 2.03. The summed E-state index contributed by atoms with van der Waals surface area (Å²) in [6.07, 6.45) is 3.69. The molecule has 1 heterocycles. The highest BCUT2D eigenvalue weighted by Crippen LogP contribution is 2.31. The van der Waals surface area contributed by atoms with Gasteiger partial charge in [-0.25, -0.2) is 0 Å². The molecule has 86 valence electrons. The molecular weight excluding hydrogens is 194 g/mol. The van der Waals surface area contributed by atoms with Crippen LogP contribution in [0.2, 0.25) is 0 Å². The van der Waals surface area contributed by atoms with Crippen LogP contribution in [0, 0.1) is 0 Å². The smallest absolute Gasteiger partial charge is 0.254 e. The summed E-state index contributed by atoms with van der Waals surface area (Å²) in [6, 6.07) is 0. The second-order valence-corrected chi connectivity index (χ2v) is 4.78. The number of amides is 1. The Morgan fingerprint density at radius 1 is 1.27 bits per heavy atom. The Hall–Kier alpha value is -0.610. The van der Waals surface area contributed by atoms with Crippen LogP contribution < -0.4 is 0 Å². The molecule has 2 atom stereocenters. The molecular formula is C11H19NO3. The van der Waals surface area contributed by atoms with E-state index in [1.165, 1.54) is 0 Å². The molecule has 4 nitrogen and oxygen atoms in total. The lowest BCUT2D eigenvalue weighted by Gasteiger charge is -2.36. The molecule has 4 heteroatoms. The van der Waals surface area contributed by atoms with E-state index in [4.69, 9.17) is 0 Å². The molecule has 15 heavy (non-hydrogen) atoms. The van der Waals surface area contributed by atoms with Crippen LogP contribution in [0.25, 0.3) is 0 Å². The van der Waals surface area contributed by atoms with Crippen molar-refractivity contribution in [2.75, 3.05) is 13.1 Å². The van der Waals surface area contributed by atoms with Gasteiger partial charge in [-0.3, -0.25) is 4.79 Å². The first kappa shape index (κ1) is 10.9. The fourth-order valence-corrected chi connectivity index (χ4v) is 2.63. The molecule has 1 saturated heterocycles. The lowest BCUT2D eigenvalue weighted by Crippen LogP contribution is -2.51. The summed E-state index contributed by atoms with van der Waals surface area (Å²) in [4.78, 5) is 13.8. The van der Waals surface area contributed by atoms with Crippen LogP contribution in [0.4, 0.5) is 0 Å². The van der Waals surface area contributed by atoms with Gasteiger partial charge >= 0.3 is 0 Å². The SMILES string of the molecule is O=C(N1CCCC1)C1(O)CCC[C@H](O)C1. The summed E-state index contributed by atoms with van der Waals surface area (Å²) in [7, 11) is 0. The first-order valence-corrected chi connectivity index (χ1v) is 5.82. The molecule has 0 radical (unpaired) electrons. The quantitative estimate of drug-likeness (QED) is 0.657. The fourth-order valence-electron chi connectivity index (χ4n) is 2.63. The van der Waals surface area contributed by atoms with Crippen LogP contribution in [-0.2, 0) is 4.79 Å². The van der Waals surface area contributed by atoms with E-state index < -0.39 is 11.7 Å². The molecule has 1 aliphatic heterocycles. The fraction of sp³-hybridized carbons (Fsp3) is 0.909. The van der Waals surface area contributed by atoms with Crippen LogP contribution >= 0.6 is 0 Å². The molecule has 2 N–H and O–H groups in total. The summed E-state index contributed by atoms with van der Waals surface area (Å²) < 4.78 is 0. The third-order valence-corrected chi connectivity index (χ3v) is 3.49. The van der Waals surface area contributed by atoms with Crippen LogP contribution in [0.15, 0.2) is 0 Å². The zero-order valence-corrected chi connectivity index (χ0v) is 8.98. The monoisotopic (exact) mass is 213 g/mol. The minimum atomic E-state index is -1.29. The van der Waals surface area contributed by atoms with Crippen LogP contribution in [0.1, 0.15) is 38.5 Å². The van der Waals surface area contributed by atoms with E-state index in [0.29, 0.717) is 12.8 Å². The summed E-state index contributed by atoms with van der Waals surface area (Å²) in [5, 5.41) is 19.7. The molecule has 1 saturated carbocycles. The van der Waals surface area contributed by atoms with Crippen molar-refractivity contribution < 1.29 is 15.0 Å². The number of nitrogens with zero attached hydrogens (tertiary/aromatic N) is 1. The van der Waals surface area contributed by atoms with Gasteiger partial charge < -0.3 is 15.1 Å².